The summed E-state index contributed by atoms with van der Waals surface area (Å²) in [4.78, 5) is 22.2. The number of piperazine rings is 1. The Hall–Kier alpha value is -2.63. The number of aromatic nitrogens is 1. The van der Waals surface area contributed by atoms with Gasteiger partial charge in [0, 0.05) is 49.2 Å². The van der Waals surface area contributed by atoms with Gasteiger partial charge in [-0.1, -0.05) is 50.2 Å². The first-order valence-corrected chi connectivity index (χ1v) is 10.9. The minimum Gasteiger partial charge on any atom is -0.354 e. The highest BCUT2D eigenvalue weighted by Crippen LogP contribution is 2.30. The number of fused-ring (bicyclic) bond motifs is 1. The summed E-state index contributed by atoms with van der Waals surface area (Å²) in [5, 5.41) is 5.32. The molecule has 31 heavy (non-hydrogen) atoms. The fourth-order valence-electron chi connectivity index (χ4n) is 3.98. The Balaban J connectivity index is 0.00000272. The van der Waals surface area contributed by atoms with Crippen molar-refractivity contribution in [2.75, 3.05) is 44.2 Å². The summed E-state index contributed by atoms with van der Waals surface area (Å²) in [6, 6.07) is 18.4. The Kier molecular flexibility index (Phi) is 7.88. The summed E-state index contributed by atoms with van der Waals surface area (Å²) in [7, 11) is 0. The Bertz CT molecular complexity index is 1010. The van der Waals surface area contributed by atoms with Crippen LogP contribution in [0.1, 0.15) is 30.6 Å². The molecular formula is C25H31ClN4O. The molecule has 2 heterocycles. The number of benzene rings is 2. The van der Waals surface area contributed by atoms with Gasteiger partial charge in [-0.25, -0.2) is 4.98 Å². The molecule has 0 bridgehead atoms. The van der Waals surface area contributed by atoms with Gasteiger partial charge in [-0.3, -0.25) is 4.79 Å². The van der Waals surface area contributed by atoms with Crippen molar-refractivity contribution in [1.29, 1.82) is 0 Å². The number of hydrogen-bond donors (Lipinski definition) is 1. The fourth-order valence-corrected chi connectivity index (χ4v) is 3.98. The number of nitrogens with one attached hydrogen (secondary N) is 1. The predicted octanol–water partition coefficient (Wildman–Crippen LogP) is 4.61. The van der Waals surface area contributed by atoms with Gasteiger partial charge >= 0.3 is 0 Å². The number of nitrogens with zero attached hydrogens (tertiary/aromatic N) is 3. The maximum Gasteiger partial charge on any atom is 0.251 e. The lowest BCUT2D eigenvalue weighted by atomic mass is 10.0. The molecule has 1 saturated heterocycles. The van der Waals surface area contributed by atoms with Crippen LogP contribution in [0.3, 0.4) is 0 Å². The largest absolute Gasteiger partial charge is 0.354 e. The zero-order valence-corrected chi connectivity index (χ0v) is 19.1. The van der Waals surface area contributed by atoms with Crippen LogP contribution in [-0.2, 0) is 0 Å². The first-order valence-electron chi connectivity index (χ1n) is 10.9. The van der Waals surface area contributed by atoms with E-state index in [0.29, 0.717) is 12.1 Å². The maximum absolute atomic E-state index is 12.2. The number of carbonyl (C=O) groups is 1. The molecule has 2 aromatic carbocycles. The van der Waals surface area contributed by atoms with Crippen LogP contribution in [0, 0.1) is 0 Å². The van der Waals surface area contributed by atoms with Crippen molar-refractivity contribution in [1.82, 2.24) is 15.2 Å². The van der Waals surface area contributed by atoms with Crippen molar-refractivity contribution in [2.45, 2.75) is 20.3 Å². The highest BCUT2D eigenvalue weighted by molar-refractivity contribution is 5.96. The van der Waals surface area contributed by atoms with E-state index in [-0.39, 0.29) is 18.3 Å². The molecule has 3 aromatic rings. The van der Waals surface area contributed by atoms with Crippen molar-refractivity contribution < 1.29 is 4.79 Å². The SMILES string of the molecule is CCCNC(=O)c1ccc(-c2cc3ccccc3c(N3CCN(CC)CC3)n2)cc1.Cl. The van der Waals surface area contributed by atoms with Crippen LogP contribution < -0.4 is 10.2 Å². The van der Waals surface area contributed by atoms with Gasteiger partial charge < -0.3 is 15.1 Å². The van der Waals surface area contributed by atoms with Crippen LogP contribution in [0.4, 0.5) is 5.82 Å². The highest BCUT2D eigenvalue weighted by Gasteiger charge is 2.20. The molecule has 1 N–H and O–H groups in total. The Morgan fingerprint density at radius 1 is 1.00 bits per heavy atom. The quantitative estimate of drug-likeness (QED) is 0.610. The number of halogens is 1. The molecule has 0 atom stereocenters. The molecule has 0 unspecified atom stereocenters. The minimum atomic E-state index is -0.0237. The molecule has 0 spiro atoms. The monoisotopic (exact) mass is 438 g/mol. The van der Waals surface area contributed by atoms with Gasteiger partial charge in [0.2, 0.25) is 0 Å². The van der Waals surface area contributed by atoms with E-state index in [9.17, 15) is 4.79 Å². The number of hydrogen-bond acceptors (Lipinski definition) is 4. The Morgan fingerprint density at radius 2 is 1.71 bits per heavy atom. The number of pyridine rings is 1. The molecule has 4 rings (SSSR count). The minimum absolute atomic E-state index is 0. The third-order valence-corrected chi connectivity index (χ3v) is 5.82. The van der Waals surface area contributed by atoms with E-state index in [1.54, 1.807) is 0 Å². The molecule has 1 aromatic heterocycles. The highest BCUT2D eigenvalue weighted by atomic mass is 35.5. The standard InChI is InChI=1S/C25H30N4O.ClH/c1-3-13-26-25(30)20-11-9-19(10-12-20)23-18-21-7-5-6-8-22(21)24(27-23)29-16-14-28(4-2)15-17-29;/h5-12,18H,3-4,13-17H2,1-2H3,(H,26,30);1H. The topological polar surface area (TPSA) is 48.5 Å². The van der Waals surface area contributed by atoms with E-state index in [0.717, 1.165) is 56.2 Å². The summed E-state index contributed by atoms with van der Waals surface area (Å²) < 4.78 is 0. The van der Waals surface area contributed by atoms with Crippen LogP contribution in [0.15, 0.2) is 54.6 Å². The van der Waals surface area contributed by atoms with Gasteiger partial charge in [-0.05, 0) is 36.6 Å². The van der Waals surface area contributed by atoms with Crippen LogP contribution in [-0.4, -0.2) is 55.1 Å². The lowest BCUT2D eigenvalue weighted by molar-refractivity contribution is 0.0953. The maximum atomic E-state index is 12.2. The first-order chi connectivity index (χ1) is 14.7. The molecular weight excluding hydrogens is 408 g/mol. The number of anilines is 1. The van der Waals surface area contributed by atoms with Gasteiger partial charge in [0.15, 0.2) is 0 Å². The van der Waals surface area contributed by atoms with Gasteiger partial charge in [0.25, 0.3) is 5.91 Å². The lowest BCUT2D eigenvalue weighted by Gasteiger charge is -2.35. The molecule has 0 aliphatic carbocycles. The third-order valence-electron chi connectivity index (χ3n) is 5.82. The van der Waals surface area contributed by atoms with Crippen LogP contribution in [0.25, 0.3) is 22.0 Å². The second-order valence-electron chi connectivity index (χ2n) is 7.81. The van der Waals surface area contributed by atoms with Crippen LogP contribution in [0.2, 0.25) is 0 Å². The van der Waals surface area contributed by atoms with Gasteiger partial charge in [-0.2, -0.15) is 0 Å². The summed E-state index contributed by atoms with van der Waals surface area (Å²) in [5.41, 5.74) is 2.66. The molecule has 1 aliphatic rings. The Labute approximate surface area is 190 Å². The van der Waals surface area contributed by atoms with Crippen molar-refractivity contribution in [2.24, 2.45) is 0 Å². The van der Waals surface area contributed by atoms with E-state index < -0.39 is 0 Å². The second-order valence-corrected chi connectivity index (χ2v) is 7.81. The third kappa shape index (κ3) is 5.17. The lowest BCUT2D eigenvalue weighted by Crippen LogP contribution is -2.46. The van der Waals surface area contributed by atoms with Gasteiger partial charge in [0.1, 0.15) is 5.82 Å². The molecule has 1 fully saturated rings. The van der Waals surface area contributed by atoms with E-state index in [1.165, 1.54) is 10.8 Å². The summed E-state index contributed by atoms with van der Waals surface area (Å²) in [6.45, 7) is 10.2. The number of likely N-dealkylation sites (N-methyl/N-ethyl adjacent to an activating group) is 1. The molecule has 164 valence electrons. The average Bonchev–Trinajstić information content (AvgIpc) is 2.82. The average molecular weight is 439 g/mol. The van der Waals surface area contributed by atoms with E-state index in [1.807, 2.05) is 24.3 Å². The second kappa shape index (κ2) is 10.6. The van der Waals surface area contributed by atoms with Gasteiger partial charge in [-0.15, -0.1) is 12.4 Å². The number of rotatable bonds is 6. The predicted molar refractivity (Wildman–Crippen MR) is 131 cm³/mol. The zero-order valence-electron chi connectivity index (χ0n) is 18.3. The van der Waals surface area contributed by atoms with Gasteiger partial charge in [0.05, 0.1) is 5.69 Å². The van der Waals surface area contributed by atoms with E-state index in [4.69, 9.17) is 4.98 Å². The summed E-state index contributed by atoms with van der Waals surface area (Å²) >= 11 is 0. The molecule has 6 heteroatoms. The first kappa shape index (κ1) is 23.0. The molecule has 5 nitrogen and oxygen atoms in total. The van der Waals surface area contributed by atoms with Crippen molar-refractivity contribution >= 4 is 34.9 Å². The normalized spacial score (nSPS) is 14.3. The fraction of sp³-hybridized carbons (Fsp3) is 0.360. The molecule has 1 amide bonds. The smallest absolute Gasteiger partial charge is 0.251 e. The number of carbonyl (C=O) groups excluding carboxylic acids is 1. The van der Waals surface area contributed by atoms with Crippen molar-refractivity contribution in [3.63, 3.8) is 0 Å². The van der Waals surface area contributed by atoms with Crippen LogP contribution >= 0.6 is 12.4 Å². The van der Waals surface area contributed by atoms with Crippen molar-refractivity contribution in [3.05, 3.63) is 60.2 Å². The van der Waals surface area contributed by atoms with E-state index in [2.05, 4.69) is 59.3 Å². The molecule has 0 radical (unpaired) electrons. The molecule has 1 aliphatic heterocycles. The Morgan fingerprint density at radius 3 is 2.39 bits per heavy atom. The number of amides is 1. The van der Waals surface area contributed by atoms with Crippen molar-refractivity contribution in [3.8, 4) is 11.3 Å². The molecule has 0 saturated carbocycles. The summed E-state index contributed by atoms with van der Waals surface area (Å²) in [5.74, 6) is 1.04. The summed E-state index contributed by atoms with van der Waals surface area (Å²) in [6.07, 6.45) is 0.931. The van der Waals surface area contributed by atoms with E-state index >= 15 is 0 Å². The van der Waals surface area contributed by atoms with Crippen LogP contribution in [0.5, 0.6) is 0 Å². The zero-order chi connectivity index (χ0) is 20.9.